The van der Waals surface area contributed by atoms with Gasteiger partial charge in [0, 0.05) is 63.4 Å². The maximum atomic E-state index is 11.6. The summed E-state index contributed by atoms with van der Waals surface area (Å²) in [6.45, 7) is 0. The summed E-state index contributed by atoms with van der Waals surface area (Å²) in [7, 11) is 0. The van der Waals surface area contributed by atoms with Crippen molar-refractivity contribution in [2.24, 2.45) is 0 Å². The molecule has 0 aliphatic carbocycles. The Labute approximate surface area is 240 Å². The number of benzene rings is 5. The number of rotatable bonds is 3. The molecule has 2 N–H and O–H groups in total. The van der Waals surface area contributed by atoms with Crippen molar-refractivity contribution in [3.63, 3.8) is 0 Å². The Kier molecular flexibility index (Phi) is 5.34. The summed E-state index contributed by atoms with van der Waals surface area (Å²) in [4.78, 5) is 17.4. The van der Waals surface area contributed by atoms with Gasteiger partial charge in [-0.3, -0.25) is 9.97 Å². The van der Waals surface area contributed by atoms with Gasteiger partial charge < -0.3 is 10.2 Å². The van der Waals surface area contributed by atoms with E-state index in [4.69, 9.17) is 0 Å². The SMILES string of the molecule is Oc1c(-c2c3ccccc3c(-c3ccc4cccnc4c3O)c3cc(-c4cncnc4)ccc23)ccc2cccnc12. The van der Waals surface area contributed by atoms with Gasteiger partial charge in [0.15, 0.2) is 0 Å². The number of hydrogen-bond acceptors (Lipinski definition) is 6. The summed E-state index contributed by atoms with van der Waals surface area (Å²) in [6.07, 6.45) is 8.46. The zero-order valence-corrected chi connectivity index (χ0v) is 22.2. The lowest BCUT2D eigenvalue weighted by molar-refractivity contribution is 0.482. The van der Waals surface area contributed by atoms with Crippen molar-refractivity contribution in [2.75, 3.05) is 0 Å². The Bertz CT molecular complexity index is 2340. The van der Waals surface area contributed by atoms with Gasteiger partial charge in [-0.15, -0.1) is 0 Å². The normalized spacial score (nSPS) is 11.5. The minimum Gasteiger partial charge on any atom is -0.505 e. The number of nitrogens with zero attached hydrogens (tertiary/aromatic N) is 4. The maximum Gasteiger partial charge on any atom is 0.149 e. The zero-order chi connectivity index (χ0) is 28.2. The van der Waals surface area contributed by atoms with Crippen LogP contribution in [-0.4, -0.2) is 30.1 Å². The molecular weight excluding hydrogens is 520 g/mol. The highest BCUT2D eigenvalue weighted by molar-refractivity contribution is 6.23. The highest BCUT2D eigenvalue weighted by Crippen LogP contribution is 2.49. The Balaban J connectivity index is 1.55. The van der Waals surface area contributed by atoms with Gasteiger partial charge in [-0.05, 0) is 57.4 Å². The highest BCUT2D eigenvalue weighted by Gasteiger charge is 2.22. The molecule has 5 aromatic carbocycles. The number of aromatic hydroxyl groups is 2. The zero-order valence-electron chi connectivity index (χ0n) is 22.2. The fourth-order valence-electron chi connectivity index (χ4n) is 6.05. The molecule has 0 aliphatic heterocycles. The average Bonchev–Trinajstić information content (AvgIpc) is 3.05. The van der Waals surface area contributed by atoms with Gasteiger partial charge >= 0.3 is 0 Å². The molecule has 0 atom stereocenters. The van der Waals surface area contributed by atoms with Crippen molar-refractivity contribution in [1.29, 1.82) is 0 Å². The summed E-state index contributed by atoms with van der Waals surface area (Å²) in [5.74, 6) is 0.254. The highest BCUT2D eigenvalue weighted by atomic mass is 16.3. The van der Waals surface area contributed by atoms with Crippen LogP contribution in [0.25, 0.3) is 76.7 Å². The van der Waals surface area contributed by atoms with Gasteiger partial charge in [0.2, 0.25) is 0 Å². The van der Waals surface area contributed by atoms with Crippen LogP contribution in [0, 0.1) is 0 Å². The molecule has 3 aromatic heterocycles. The molecule has 0 unspecified atom stereocenters. The second-order valence-corrected chi connectivity index (χ2v) is 10.3. The lowest BCUT2D eigenvalue weighted by Crippen LogP contribution is -1.94. The third-order valence-corrected chi connectivity index (χ3v) is 7.95. The van der Waals surface area contributed by atoms with Crippen molar-refractivity contribution in [2.45, 2.75) is 0 Å². The van der Waals surface area contributed by atoms with Gasteiger partial charge in [0.05, 0.1) is 0 Å². The van der Waals surface area contributed by atoms with E-state index in [1.165, 1.54) is 6.33 Å². The van der Waals surface area contributed by atoms with Crippen LogP contribution in [0.2, 0.25) is 0 Å². The molecule has 3 heterocycles. The first kappa shape index (κ1) is 24.0. The Morgan fingerprint density at radius 2 is 1.02 bits per heavy atom. The van der Waals surface area contributed by atoms with Crippen LogP contribution in [0.15, 0.2) is 122 Å². The van der Waals surface area contributed by atoms with Crippen molar-refractivity contribution >= 4 is 43.4 Å². The molecule has 6 nitrogen and oxygen atoms in total. The molecule has 8 rings (SSSR count). The van der Waals surface area contributed by atoms with Crippen LogP contribution in [0.1, 0.15) is 0 Å². The molecule has 42 heavy (non-hydrogen) atoms. The molecular formula is C36H22N4O2. The largest absolute Gasteiger partial charge is 0.505 e. The first-order chi connectivity index (χ1) is 20.7. The van der Waals surface area contributed by atoms with Crippen molar-refractivity contribution in [3.05, 3.63) is 122 Å². The van der Waals surface area contributed by atoms with E-state index in [2.05, 4.69) is 44.2 Å². The molecule has 0 aliphatic rings. The Morgan fingerprint density at radius 3 is 1.62 bits per heavy atom. The predicted octanol–water partition coefficient (Wildman–Crippen LogP) is 8.29. The molecule has 0 bridgehead atoms. The van der Waals surface area contributed by atoms with Crippen LogP contribution in [0.5, 0.6) is 11.5 Å². The van der Waals surface area contributed by atoms with E-state index in [0.29, 0.717) is 22.2 Å². The van der Waals surface area contributed by atoms with E-state index in [-0.39, 0.29) is 11.5 Å². The van der Waals surface area contributed by atoms with Gasteiger partial charge in [-0.1, -0.05) is 60.7 Å². The third-order valence-electron chi connectivity index (χ3n) is 7.95. The molecule has 6 heteroatoms. The summed E-state index contributed by atoms with van der Waals surface area (Å²) in [6, 6.07) is 29.8. The number of pyridine rings is 2. The first-order valence-electron chi connectivity index (χ1n) is 13.6. The summed E-state index contributed by atoms with van der Waals surface area (Å²) < 4.78 is 0. The fraction of sp³-hybridized carbons (Fsp3) is 0. The minimum atomic E-state index is 0.124. The first-order valence-corrected chi connectivity index (χ1v) is 13.6. The molecule has 0 saturated heterocycles. The van der Waals surface area contributed by atoms with E-state index in [9.17, 15) is 10.2 Å². The van der Waals surface area contributed by atoms with Crippen LogP contribution in [0.4, 0.5) is 0 Å². The Hall–Kier alpha value is -5.88. The monoisotopic (exact) mass is 542 g/mol. The van der Waals surface area contributed by atoms with Crippen molar-refractivity contribution < 1.29 is 10.2 Å². The maximum absolute atomic E-state index is 11.6. The third kappa shape index (κ3) is 3.59. The minimum absolute atomic E-state index is 0.124. The van der Waals surface area contributed by atoms with E-state index >= 15 is 0 Å². The lowest BCUT2D eigenvalue weighted by atomic mass is 9.84. The molecule has 0 fully saturated rings. The predicted molar refractivity (Wildman–Crippen MR) is 167 cm³/mol. The van der Waals surface area contributed by atoms with E-state index in [1.54, 1.807) is 24.8 Å². The van der Waals surface area contributed by atoms with Gasteiger partial charge in [-0.25, -0.2) is 9.97 Å². The van der Waals surface area contributed by atoms with Gasteiger partial charge in [0.25, 0.3) is 0 Å². The van der Waals surface area contributed by atoms with Crippen LogP contribution >= 0.6 is 0 Å². The average molecular weight is 543 g/mol. The van der Waals surface area contributed by atoms with Crippen LogP contribution in [0.3, 0.4) is 0 Å². The fourth-order valence-corrected chi connectivity index (χ4v) is 6.05. The molecule has 0 saturated carbocycles. The van der Waals surface area contributed by atoms with E-state index in [0.717, 1.165) is 54.6 Å². The molecule has 0 radical (unpaired) electrons. The van der Waals surface area contributed by atoms with E-state index < -0.39 is 0 Å². The standard InChI is InChI=1S/C36H22N4O2/c41-35-28(13-9-21-5-3-15-39-33(21)35)31-25-7-1-2-8-26(25)32(29-14-10-22-6-4-16-40-34(22)36(29)42)30-17-23(11-12-27(30)31)24-18-37-20-38-19-24/h1-20,41-42H. The smallest absolute Gasteiger partial charge is 0.149 e. The van der Waals surface area contributed by atoms with E-state index in [1.807, 2.05) is 66.7 Å². The summed E-state index contributed by atoms with van der Waals surface area (Å²) in [5, 5.41) is 28.7. The topological polar surface area (TPSA) is 92.0 Å². The molecule has 8 aromatic rings. The number of aromatic nitrogens is 4. The van der Waals surface area contributed by atoms with Gasteiger partial charge in [0.1, 0.15) is 28.9 Å². The Morgan fingerprint density at radius 1 is 0.476 bits per heavy atom. The number of hydrogen-bond donors (Lipinski definition) is 2. The summed E-state index contributed by atoms with van der Waals surface area (Å²) in [5.41, 5.74) is 6.05. The molecule has 198 valence electrons. The van der Waals surface area contributed by atoms with Crippen molar-refractivity contribution in [3.8, 4) is 44.9 Å². The quantitative estimate of drug-likeness (QED) is 0.218. The lowest BCUT2D eigenvalue weighted by Gasteiger charge is -2.20. The van der Waals surface area contributed by atoms with Crippen LogP contribution in [-0.2, 0) is 0 Å². The van der Waals surface area contributed by atoms with Crippen molar-refractivity contribution in [1.82, 2.24) is 19.9 Å². The number of phenols is 2. The van der Waals surface area contributed by atoms with Crippen LogP contribution < -0.4 is 0 Å². The molecule has 0 amide bonds. The number of phenolic OH excluding ortho intramolecular Hbond substituents is 2. The second kappa shape index (κ2) is 9.35. The second-order valence-electron chi connectivity index (χ2n) is 10.3. The summed E-state index contributed by atoms with van der Waals surface area (Å²) >= 11 is 0. The van der Waals surface area contributed by atoms with Gasteiger partial charge in [-0.2, -0.15) is 0 Å². The molecule has 0 spiro atoms. The number of fused-ring (bicyclic) bond motifs is 4.